The average Bonchev–Trinajstić information content (AvgIpc) is 2.64. The number of hydrogen-bond acceptors (Lipinski definition) is 2. The fraction of sp³-hybridized carbons (Fsp3) is 0.455. The molecule has 1 fully saturated rings. The summed E-state index contributed by atoms with van der Waals surface area (Å²) in [4.78, 5) is 0. The van der Waals surface area contributed by atoms with Crippen molar-refractivity contribution < 1.29 is 0 Å². The van der Waals surface area contributed by atoms with Crippen LogP contribution in [0.1, 0.15) is 56.1 Å². The van der Waals surface area contributed by atoms with Gasteiger partial charge in [0, 0.05) is 6.08 Å². The molecule has 0 amide bonds. The molecule has 24 heavy (non-hydrogen) atoms. The van der Waals surface area contributed by atoms with Crippen LogP contribution in [0.25, 0.3) is 0 Å². The zero-order valence-electron chi connectivity index (χ0n) is 14.3. The Hall–Kier alpha value is -2.32. The monoisotopic (exact) mass is 318 g/mol. The van der Waals surface area contributed by atoms with Crippen LogP contribution in [0.4, 0.5) is 0 Å². The van der Waals surface area contributed by atoms with Gasteiger partial charge in [0.25, 0.3) is 0 Å². The van der Waals surface area contributed by atoms with Gasteiger partial charge in [-0.05, 0) is 55.2 Å². The van der Waals surface area contributed by atoms with E-state index < -0.39 is 0 Å². The molecule has 0 aliphatic heterocycles. The highest BCUT2D eigenvalue weighted by Crippen LogP contribution is 2.34. The second-order valence-corrected chi connectivity index (χ2v) is 6.73. The van der Waals surface area contributed by atoms with Gasteiger partial charge in [0.15, 0.2) is 0 Å². The van der Waals surface area contributed by atoms with E-state index in [1.165, 1.54) is 50.2 Å². The summed E-state index contributed by atoms with van der Waals surface area (Å²) in [6.45, 7) is 0. The van der Waals surface area contributed by atoms with Gasteiger partial charge in [-0.3, -0.25) is 0 Å². The van der Waals surface area contributed by atoms with Crippen LogP contribution in [0.15, 0.2) is 48.6 Å². The highest BCUT2D eigenvalue weighted by Gasteiger charge is 2.20. The molecule has 1 aromatic carbocycles. The summed E-state index contributed by atoms with van der Waals surface area (Å²) in [5.74, 6) is 1.74. The highest BCUT2D eigenvalue weighted by atomic mass is 14.3. The number of benzene rings is 1. The Kier molecular flexibility index (Phi) is 7.85. The van der Waals surface area contributed by atoms with E-state index in [0.717, 1.165) is 30.2 Å². The fourth-order valence-electron chi connectivity index (χ4n) is 3.53. The molecule has 1 aliphatic carbocycles. The van der Waals surface area contributed by atoms with Crippen molar-refractivity contribution in [1.29, 1.82) is 10.5 Å². The number of rotatable bonds is 7. The van der Waals surface area contributed by atoms with Gasteiger partial charge in [-0.1, -0.05) is 56.0 Å². The third kappa shape index (κ3) is 6.43. The van der Waals surface area contributed by atoms with Crippen LogP contribution >= 0.6 is 0 Å². The smallest absolute Gasteiger partial charge is 0.0991 e. The Balaban J connectivity index is 1.62. The first-order valence-corrected chi connectivity index (χ1v) is 9.02. The minimum absolute atomic E-state index is 0.747. The van der Waals surface area contributed by atoms with Crippen molar-refractivity contribution >= 4 is 0 Å². The minimum atomic E-state index is 0.747. The molecule has 2 rings (SSSR count). The van der Waals surface area contributed by atoms with Gasteiger partial charge in [0.2, 0.25) is 0 Å². The van der Waals surface area contributed by atoms with Gasteiger partial charge in [0.05, 0.1) is 17.7 Å². The molecule has 124 valence electrons. The molecule has 1 aromatic rings. The van der Waals surface area contributed by atoms with Crippen molar-refractivity contribution in [3.05, 3.63) is 59.7 Å². The number of hydrogen-bond donors (Lipinski definition) is 0. The Morgan fingerprint density at radius 3 is 2.21 bits per heavy atom. The molecule has 0 heterocycles. The molecule has 0 aromatic heterocycles. The van der Waals surface area contributed by atoms with Crippen molar-refractivity contribution in [1.82, 2.24) is 0 Å². The largest absolute Gasteiger partial charge is 0.193 e. The summed E-state index contributed by atoms with van der Waals surface area (Å²) in [7, 11) is 0. The summed E-state index contributed by atoms with van der Waals surface area (Å²) in [6, 6.07) is 12.2. The molecular formula is C22H26N2. The standard InChI is InChI=1S/C22H26N2/c23-17-5-3-1-2-4-6-19-7-9-20(10-8-19)11-12-21-13-15-22(18-24)16-14-21/h1-3,5,13-16,19-20H,4,6-12H2. The van der Waals surface area contributed by atoms with E-state index in [2.05, 4.69) is 24.3 Å². The fourth-order valence-corrected chi connectivity index (χ4v) is 3.53. The topological polar surface area (TPSA) is 47.6 Å². The molecule has 2 nitrogen and oxygen atoms in total. The molecule has 0 atom stereocenters. The molecule has 0 N–H and O–H groups in total. The lowest BCUT2D eigenvalue weighted by molar-refractivity contribution is 0.254. The Bertz CT molecular complexity index is 617. The predicted molar refractivity (Wildman–Crippen MR) is 98.1 cm³/mol. The summed E-state index contributed by atoms with van der Waals surface area (Å²) < 4.78 is 0. The van der Waals surface area contributed by atoms with Crippen LogP contribution < -0.4 is 0 Å². The van der Waals surface area contributed by atoms with Crippen molar-refractivity contribution in [2.75, 3.05) is 0 Å². The molecule has 0 bridgehead atoms. The maximum absolute atomic E-state index is 8.83. The van der Waals surface area contributed by atoms with E-state index in [9.17, 15) is 0 Å². The van der Waals surface area contributed by atoms with Gasteiger partial charge < -0.3 is 0 Å². The van der Waals surface area contributed by atoms with Crippen LogP contribution in [-0.4, -0.2) is 0 Å². The van der Waals surface area contributed by atoms with Gasteiger partial charge in [-0.15, -0.1) is 0 Å². The van der Waals surface area contributed by atoms with E-state index in [1.807, 2.05) is 24.3 Å². The second kappa shape index (κ2) is 10.5. The first-order valence-electron chi connectivity index (χ1n) is 9.02. The van der Waals surface area contributed by atoms with Crippen LogP contribution in [0.2, 0.25) is 0 Å². The van der Waals surface area contributed by atoms with E-state index in [1.54, 1.807) is 6.08 Å². The lowest BCUT2D eigenvalue weighted by atomic mass is 9.78. The maximum atomic E-state index is 8.83. The first kappa shape index (κ1) is 18.0. The van der Waals surface area contributed by atoms with Crippen molar-refractivity contribution in [2.24, 2.45) is 11.8 Å². The van der Waals surface area contributed by atoms with Crippen molar-refractivity contribution in [3.63, 3.8) is 0 Å². The van der Waals surface area contributed by atoms with E-state index in [-0.39, 0.29) is 0 Å². The number of aryl methyl sites for hydroxylation is 1. The average molecular weight is 318 g/mol. The molecule has 0 saturated heterocycles. The predicted octanol–water partition coefficient (Wildman–Crippen LogP) is 5.71. The van der Waals surface area contributed by atoms with E-state index in [4.69, 9.17) is 10.5 Å². The van der Waals surface area contributed by atoms with Gasteiger partial charge >= 0.3 is 0 Å². The van der Waals surface area contributed by atoms with Gasteiger partial charge in [-0.2, -0.15) is 10.5 Å². The first-order chi connectivity index (χ1) is 11.8. The highest BCUT2D eigenvalue weighted by molar-refractivity contribution is 5.31. The lowest BCUT2D eigenvalue weighted by Gasteiger charge is -2.28. The molecule has 1 saturated carbocycles. The van der Waals surface area contributed by atoms with Crippen LogP contribution in [0.5, 0.6) is 0 Å². The van der Waals surface area contributed by atoms with Crippen molar-refractivity contribution in [2.45, 2.75) is 51.4 Å². The van der Waals surface area contributed by atoms with Gasteiger partial charge in [0.1, 0.15) is 0 Å². The quantitative estimate of drug-likeness (QED) is 0.477. The zero-order chi connectivity index (χ0) is 17.0. The maximum Gasteiger partial charge on any atom is 0.0991 e. The molecule has 0 spiro atoms. The Labute approximate surface area is 146 Å². The number of nitrogens with zero attached hydrogens (tertiary/aromatic N) is 2. The second-order valence-electron chi connectivity index (χ2n) is 6.73. The van der Waals surface area contributed by atoms with Crippen molar-refractivity contribution in [3.8, 4) is 12.1 Å². The van der Waals surface area contributed by atoms with E-state index in [0.29, 0.717) is 0 Å². The third-order valence-corrected chi connectivity index (χ3v) is 5.05. The Morgan fingerprint density at radius 2 is 1.58 bits per heavy atom. The lowest BCUT2D eigenvalue weighted by Crippen LogP contribution is -2.15. The normalized spacial score (nSPS) is 20.9. The molecule has 2 heteroatoms. The minimum Gasteiger partial charge on any atom is -0.193 e. The Morgan fingerprint density at radius 1 is 0.917 bits per heavy atom. The summed E-state index contributed by atoms with van der Waals surface area (Å²) in [6.07, 6.45) is 17.7. The van der Waals surface area contributed by atoms with Crippen LogP contribution in [0.3, 0.4) is 0 Å². The SMILES string of the molecule is N#CC=CC=CCCC1CCC(CCc2ccc(C#N)cc2)CC1. The molecular weight excluding hydrogens is 292 g/mol. The van der Waals surface area contributed by atoms with Crippen LogP contribution in [-0.2, 0) is 6.42 Å². The van der Waals surface area contributed by atoms with Crippen LogP contribution in [0, 0.1) is 34.5 Å². The number of nitriles is 2. The zero-order valence-corrected chi connectivity index (χ0v) is 14.3. The molecule has 0 radical (unpaired) electrons. The van der Waals surface area contributed by atoms with Gasteiger partial charge in [-0.25, -0.2) is 0 Å². The summed E-state index contributed by atoms with van der Waals surface area (Å²) in [5.41, 5.74) is 2.10. The summed E-state index contributed by atoms with van der Waals surface area (Å²) in [5, 5.41) is 17.2. The summed E-state index contributed by atoms with van der Waals surface area (Å²) >= 11 is 0. The molecule has 1 aliphatic rings. The van der Waals surface area contributed by atoms with E-state index >= 15 is 0 Å². The number of allylic oxidation sites excluding steroid dienone is 4. The molecule has 0 unspecified atom stereocenters. The third-order valence-electron chi connectivity index (χ3n) is 5.05.